The van der Waals surface area contributed by atoms with Gasteiger partial charge < -0.3 is 11.1 Å². The molecule has 0 aliphatic heterocycles. The van der Waals surface area contributed by atoms with Crippen molar-refractivity contribution in [1.82, 2.24) is 9.71 Å². The molecule has 1 aliphatic carbocycles. The van der Waals surface area contributed by atoms with Gasteiger partial charge in [0.2, 0.25) is 5.91 Å². The van der Waals surface area contributed by atoms with Crippen LogP contribution in [0.1, 0.15) is 38.5 Å². The number of carbonyl (C=O) groups excluding carboxylic acids is 1. The molecule has 0 bridgehead atoms. The molecule has 0 aromatic carbocycles. The van der Waals surface area contributed by atoms with Gasteiger partial charge >= 0.3 is 6.18 Å². The van der Waals surface area contributed by atoms with Crippen molar-refractivity contribution in [2.45, 2.75) is 55.8 Å². The van der Waals surface area contributed by atoms with Crippen LogP contribution in [-0.4, -0.2) is 38.1 Å². The van der Waals surface area contributed by atoms with Gasteiger partial charge in [-0.05, 0) is 30.9 Å². The van der Waals surface area contributed by atoms with Gasteiger partial charge in [-0.15, -0.1) is 0 Å². The Hall–Kier alpha value is -1.72. The average molecular weight is 408 g/mol. The Morgan fingerprint density at radius 3 is 2.48 bits per heavy atom. The van der Waals surface area contributed by atoms with Crippen molar-refractivity contribution in [2.24, 2.45) is 11.7 Å². The molecule has 1 fully saturated rings. The van der Waals surface area contributed by atoms with E-state index in [0.717, 1.165) is 44.4 Å². The van der Waals surface area contributed by atoms with Crippen molar-refractivity contribution >= 4 is 21.6 Å². The smallest absolute Gasteiger partial charge is 0.323 e. The second kappa shape index (κ2) is 8.98. The molecule has 152 valence electrons. The Morgan fingerprint density at radius 2 is 1.93 bits per heavy atom. The third-order valence-electron chi connectivity index (χ3n) is 4.44. The van der Waals surface area contributed by atoms with Crippen LogP contribution in [0.4, 0.5) is 18.9 Å². The lowest BCUT2D eigenvalue weighted by atomic mass is 9.84. The minimum absolute atomic E-state index is 0.115. The molecule has 0 spiro atoms. The number of hydrogen-bond acceptors (Lipinski definition) is 5. The van der Waals surface area contributed by atoms with Crippen LogP contribution in [0.2, 0.25) is 0 Å². The Bertz CT molecular complexity index is 732. The van der Waals surface area contributed by atoms with Crippen molar-refractivity contribution in [3.63, 3.8) is 0 Å². The summed E-state index contributed by atoms with van der Waals surface area (Å²) in [4.78, 5) is 15.9. The van der Waals surface area contributed by atoms with E-state index < -0.39 is 40.2 Å². The predicted octanol–water partition coefficient (Wildman–Crippen LogP) is 2.16. The molecule has 1 aromatic heterocycles. The topological polar surface area (TPSA) is 114 Å². The van der Waals surface area contributed by atoms with E-state index in [1.165, 1.54) is 6.07 Å². The standard InChI is InChI=1S/C16H23F3N4O3S/c17-16(18,19)8-9-22-27(25,26)13-7-6-12(10-21-13)23-15(24)14(20)11-4-2-1-3-5-11/h6-7,10-11,14,22H,1-5,8-9,20H2,(H,23,24)/t14-/m0/s1. The number of rotatable bonds is 7. The summed E-state index contributed by atoms with van der Waals surface area (Å²) in [5.41, 5.74) is 6.26. The lowest BCUT2D eigenvalue weighted by Gasteiger charge is -2.26. The maximum atomic E-state index is 12.2. The Kier molecular flexibility index (Phi) is 7.18. The minimum Gasteiger partial charge on any atom is -0.323 e. The fourth-order valence-corrected chi connectivity index (χ4v) is 3.90. The summed E-state index contributed by atoms with van der Waals surface area (Å²) in [6.45, 7) is -0.776. The molecule has 1 amide bonds. The molecular formula is C16H23F3N4O3S. The molecular weight excluding hydrogens is 385 g/mol. The third kappa shape index (κ3) is 6.74. The summed E-state index contributed by atoms with van der Waals surface area (Å²) in [6.07, 6.45) is 0.412. The molecule has 2 rings (SSSR count). The van der Waals surface area contributed by atoms with Crippen molar-refractivity contribution < 1.29 is 26.4 Å². The van der Waals surface area contributed by atoms with E-state index in [2.05, 4.69) is 10.3 Å². The Morgan fingerprint density at radius 1 is 1.26 bits per heavy atom. The Labute approximate surface area is 156 Å². The maximum Gasteiger partial charge on any atom is 0.390 e. The van der Waals surface area contributed by atoms with Gasteiger partial charge in [-0.2, -0.15) is 13.2 Å². The van der Waals surface area contributed by atoms with Crippen LogP contribution in [0.3, 0.4) is 0 Å². The molecule has 0 saturated heterocycles. The molecule has 11 heteroatoms. The number of nitrogens with one attached hydrogen (secondary N) is 2. The molecule has 1 aromatic rings. The van der Waals surface area contributed by atoms with Crippen molar-refractivity contribution in [2.75, 3.05) is 11.9 Å². The number of halogens is 3. The number of hydrogen-bond donors (Lipinski definition) is 3. The fraction of sp³-hybridized carbons (Fsp3) is 0.625. The van der Waals surface area contributed by atoms with Gasteiger partial charge in [-0.3, -0.25) is 4.79 Å². The number of pyridine rings is 1. The van der Waals surface area contributed by atoms with Gasteiger partial charge in [0, 0.05) is 6.54 Å². The highest BCUT2D eigenvalue weighted by molar-refractivity contribution is 7.89. The van der Waals surface area contributed by atoms with Gasteiger partial charge in [-0.25, -0.2) is 18.1 Å². The Balaban J connectivity index is 1.92. The van der Waals surface area contributed by atoms with Crippen LogP contribution < -0.4 is 15.8 Å². The molecule has 1 heterocycles. The van der Waals surface area contributed by atoms with Crippen LogP contribution in [0.5, 0.6) is 0 Å². The van der Waals surface area contributed by atoms with E-state index >= 15 is 0 Å². The molecule has 0 unspecified atom stereocenters. The maximum absolute atomic E-state index is 12.2. The van der Waals surface area contributed by atoms with Crippen molar-refractivity contribution in [3.05, 3.63) is 18.3 Å². The monoisotopic (exact) mass is 408 g/mol. The number of anilines is 1. The van der Waals surface area contributed by atoms with E-state index in [1.807, 2.05) is 4.72 Å². The van der Waals surface area contributed by atoms with E-state index in [0.29, 0.717) is 0 Å². The summed E-state index contributed by atoms with van der Waals surface area (Å²) in [7, 11) is -4.16. The fourth-order valence-electron chi connectivity index (χ4n) is 2.95. The van der Waals surface area contributed by atoms with Crippen molar-refractivity contribution in [3.8, 4) is 0 Å². The van der Waals surface area contributed by atoms with E-state index in [-0.39, 0.29) is 17.5 Å². The van der Waals surface area contributed by atoms with E-state index in [1.54, 1.807) is 0 Å². The minimum atomic E-state index is -4.46. The second-order valence-corrected chi connectivity index (χ2v) is 8.28. The summed E-state index contributed by atoms with van der Waals surface area (Å²) in [5, 5.41) is 2.16. The number of nitrogens with two attached hydrogens (primary N) is 1. The second-order valence-electron chi connectivity index (χ2n) is 6.56. The van der Waals surface area contributed by atoms with Crippen LogP contribution >= 0.6 is 0 Å². The molecule has 7 nitrogen and oxygen atoms in total. The summed E-state index contributed by atoms with van der Waals surface area (Å²) < 4.78 is 62.0. The molecule has 1 saturated carbocycles. The number of amides is 1. The summed E-state index contributed by atoms with van der Waals surface area (Å²) in [6, 6.07) is 1.77. The summed E-state index contributed by atoms with van der Waals surface area (Å²) >= 11 is 0. The van der Waals surface area contributed by atoms with E-state index in [4.69, 9.17) is 5.73 Å². The van der Waals surface area contributed by atoms with Crippen LogP contribution in [0.25, 0.3) is 0 Å². The number of nitrogens with zero attached hydrogens (tertiary/aromatic N) is 1. The van der Waals surface area contributed by atoms with Crippen LogP contribution in [0.15, 0.2) is 23.4 Å². The third-order valence-corrected chi connectivity index (χ3v) is 5.82. The molecule has 27 heavy (non-hydrogen) atoms. The van der Waals surface area contributed by atoms with Crippen molar-refractivity contribution in [1.29, 1.82) is 0 Å². The zero-order valence-corrected chi connectivity index (χ0v) is 15.4. The number of alkyl halides is 3. The first-order valence-corrected chi connectivity index (χ1v) is 10.2. The SMILES string of the molecule is N[C@H](C(=O)Nc1ccc(S(=O)(=O)NCCC(F)(F)F)nc1)C1CCCCC1. The number of aromatic nitrogens is 1. The highest BCUT2D eigenvalue weighted by Crippen LogP contribution is 2.26. The quantitative estimate of drug-likeness (QED) is 0.640. The number of carbonyl (C=O) groups is 1. The number of sulfonamides is 1. The first-order chi connectivity index (χ1) is 12.6. The molecule has 0 radical (unpaired) electrons. The zero-order valence-electron chi connectivity index (χ0n) is 14.6. The predicted molar refractivity (Wildman–Crippen MR) is 93.3 cm³/mol. The zero-order chi connectivity index (χ0) is 20.1. The first kappa shape index (κ1) is 21.6. The van der Waals surface area contributed by atoms with Gasteiger partial charge in [-0.1, -0.05) is 19.3 Å². The van der Waals surface area contributed by atoms with Gasteiger partial charge in [0.05, 0.1) is 24.3 Å². The van der Waals surface area contributed by atoms with Crippen LogP contribution in [-0.2, 0) is 14.8 Å². The first-order valence-electron chi connectivity index (χ1n) is 8.67. The van der Waals surface area contributed by atoms with Crippen LogP contribution in [0, 0.1) is 5.92 Å². The highest BCUT2D eigenvalue weighted by atomic mass is 32.2. The summed E-state index contributed by atoms with van der Waals surface area (Å²) in [5.74, 6) is -0.258. The highest BCUT2D eigenvalue weighted by Gasteiger charge is 2.28. The average Bonchev–Trinajstić information content (AvgIpc) is 2.61. The van der Waals surface area contributed by atoms with E-state index in [9.17, 15) is 26.4 Å². The molecule has 1 atom stereocenters. The van der Waals surface area contributed by atoms with Gasteiger partial charge in [0.15, 0.2) is 5.03 Å². The van der Waals surface area contributed by atoms with Gasteiger partial charge in [0.1, 0.15) is 0 Å². The largest absolute Gasteiger partial charge is 0.390 e. The lowest BCUT2D eigenvalue weighted by Crippen LogP contribution is -2.42. The molecule has 4 N–H and O–H groups in total. The lowest BCUT2D eigenvalue weighted by molar-refractivity contribution is -0.132. The normalized spacial score (nSPS) is 17.5. The van der Waals surface area contributed by atoms with Gasteiger partial charge in [0.25, 0.3) is 10.0 Å². The molecule has 1 aliphatic rings.